The van der Waals surface area contributed by atoms with Gasteiger partial charge in [-0.2, -0.15) is 0 Å². The first-order valence-corrected chi connectivity index (χ1v) is 9.13. The molecule has 3 atom stereocenters. The standard InChI is InChI=1S/C22H32O3/c1-7-8-10-16(2)11-9-12-17(3)19(24)15-22-20(4,5)13-18(23)14-21(22,6)25-22/h7-12,18,23H,13-15H2,1-6H3/t18-,21+,22-/m0/s1. The first-order chi connectivity index (χ1) is 11.6. The van der Waals surface area contributed by atoms with E-state index in [1.807, 2.05) is 64.2 Å². The summed E-state index contributed by atoms with van der Waals surface area (Å²) in [7, 11) is 0. The van der Waals surface area contributed by atoms with Crippen LogP contribution in [-0.2, 0) is 9.53 Å². The second-order valence-corrected chi connectivity index (χ2v) is 8.35. The van der Waals surface area contributed by atoms with Gasteiger partial charge in [0.1, 0.15) is 5.60 Å². The lowest BCUT2D eigenvalue weighted by atomic mass is 9.61. The number of ketones is 1. The number of hydrogen-bond acceptors (Lipinski definition) is 3. The van der Waals surface area contributed by atoms with E-state index >= 15 is 0 Å². The number of carbonyl (C=O) groups is 1. The molecule has 0 aromatic carbocycles. The number of allylic oxidation sites excluding steroid dienone is 8. The predicted molar refractivity (Wildman–Crippen MR) is 102 cm³/mol. The quantitative estimate of drug-likeness (QED) is 0.432. The molecule has 2 fully saturated rings. The maximum absolute atomic E-state index is 12.7. The zero-order chi connectivity index (χ0) is 18.9. The molecule has 0 unspecified atom stereocenters. The fourth-order valence-electron chi connectivity index (χ4n) is 4.26. The molecule has 3 heteroatoms. The molecule has 0 aromatic heterocycles. The molecule has 1 saturated carbocycles. The van der Waals surface area contributed by atoms with Crippen molar-refractivity contribution in [2.75, 3.05) is 0 Å². The highest BCUT2D eigenvalue weighted by molar-refractivity contribution is 5.96. The first kappa shape index (κ1) is 19.9. The van der Waals surface area contributed by atoms with Gasteiger partial charge in [0.05, 0.1) is 11.7 Å². The van der Waals surface area contributed by atoms with Gasteiger partial charge < -0.3 is 9.84 Å². The lowest BCUT2D eigenvalue weighted by Crippen LogP contribution is -2.48. The van der Waals surface area contributed by atoms with Crippen molar-refractivity contribution in [2.45, 2.75) is 78.1 Å². The van der Waals surface area contributed by atoms with Crippen molar-refractivity contribution >= 4 is 5.78 Å². The van der Waals surface area contributed by atoms with Crippen molar-refractivity contribution in [1.29, 1.82) is 0 Å². The predicted octanol–water partition coefficient (Wildman–Crippen LogP) is 4.68. The van der Waals surface area contributed by atoms with Gasteiger partial charge in [-0.25, -0.2) is 0 Å². The molecule has 1 N–H and O–H groups in total. The summed E-state index contributed by atoms with van der Waals surface area (Å²) in [4.78, 5) is 12.7. The number of hydrogen-bond donors (Lipinski definition) is 1. The molecule has 0 spiro atoms. The summed E-state index contributed by atoms with van der Waals surface area (Å²) in [6.45, 7) is 12.1. The summed E-state index contributed by atoms with van der Waals surface area (Å²) in [6.07, 6.45) is 13.1. The smallest absolute Gasteiger partial charge is 0.161 e. The maximum atomic E-state index is 12.7. The zero-order valence-electron chi connectivity index (χ0n) is 16.4. The summed E-state index contributed by atoms with van der Waals surface area (Å²) in [5.41, 5.74) is 0.831. The van der Waals surface area contributed by atoms with Crippen LogP contribution in [-0.4, -0.2) is 28.2 Å². The van der Waals surface area contributed by atoms with Crippen molar-refractivity contribution in [1.82, 2.24) is 0 Å². The topological polar surface area (TPSA) is 49.8 Å². The minimum Gasteiger partial charge on any atom is -0.393 e. The van der Waals surface area contributed by atoms with Crippen LogP contribution in [0.25, 0.3) is 0 Å². The van der Waals surface area contributed by atoms with Crippen LogP contribution in [0.5, 0.6) is 0 Å². The van der Waals surface area contributed by atoms with Gasteiger partial charge in [-0.05, 0) is 45.1 Å². The Labute approximate surface area is 152 Å². The molecule has 1 heterocycles. The third-order valence-electron chi connectivity index (χ3n) is 5.78. The van der Waals surface area contributed by atoms with Gasteiger partial charge in [0.15, 0.2) is 5.78 Å². The van der Waals surface area contributed by atoms with E-state index in [0.29, 0.717) is 19.3 Å². The second-order valence-electron chi connectivity index (χ2n) is 8.35. The summed E-state index contributed by atoms with van der Waals surface area (Å²) in [5, 5.41) is 10.1. The van der Waals surface area contributed by atoms with E-state index in [-0.39, 0.29) is 22.9 Å². The Balaban J connectivity index is 2.07. The number of epoxide rings is 1. The number of carbonyl (C=O) groups excluding carboxylic acids is 1. The Kier molecular flexibility index (Phi) is 5.60. The van der Waals surface area contributed by atoms with Crippen molar-refractivity contribution in [3.8, 4) is 0 Å². The monoisotopic (exact) mass is 344 g/mol. The molecule has 0 aromatic rings. The minimum atomic E-state index is -0.448. The van der Waals surface area contributed by atoms with Crippen molar-refractivity contribution < 1.29 is 14.6 Å². The van der Waals surface area contributed by atoms with Gasteiger partial charge in [0, 0.05) is 12.8 Å². The molecule has 0 amide bonds. The Morgan fingerprint density at radius 3 is 2.44 bits per heavy atom. The molecule has 1 aliphatic heterocycles. The average molecular weight is 344 g/mol. The normalized spacial score (nSPS) is 35.2. The van der Waals surface area contributed by atoms with Gasteiger partial charge >= 0.3 is 0 Å². The SMILES string of the molecule is CC=CC=C(C)C=CC=C(C)C(=O)C[C@@]12O[C@]1(C)C[C@@H](O)CC2(C)C. The number of aliphatic hydroxyl groups is 1. The Morgan fingerprint density at radius 1 is 1.16 bits per heavy atom. The lowest BCUT2D eigenvalue weighted by Gasteiger charge is -2.40. The fraction of sp³-hybridized carbons (Fsp3) is 0.591. The van der Waals surface area contributed by atoms with Crippen LogP contribution >= 0.6 is 0 Å². The van der Waals surface area contributed by atoms with Gasteiger partial charge in [0.25, 0.3) is 0 Å². The molecular weight excluding hydrogens is 312 g/mol. The van der Waals surface area contributed by atoms with E-state index in [4.69, 9.17) is 4.74 Å². The molecular formula is C22H32O3. The molecule has 2 rings (SSSR count). The minimum absolute atomic E-state index is 0.118. The fourth-order valence-corrected chi connectivity index (χ4v) is 4.26. The van der Waals surface area contributed by atoms with Gasteiger partial charge in [-0.15, -0.1) is 0 Å². The first-order valence-electron chi connectivity index (χ1n) is 9.13. The summed E-state index contributed by atoms with van der Waals surface area (Å²) < 4.78 is 6.10. The van der Waals surface area contributed by atoms with Crippen molar-refractivity contribution in [3.63, 3.8) is 0 Å². The van der Waals surface area contributed by atoms with E-state index in [0.717, 1.165) is 11.1 Å². The van der Waals surface area contributed by atoms with Gasteiger partial charge in [0.2, 0.25) is 0 Å². The number of ether oxygens (including phenoxy) is 1. The van der Waals surface area contributed by atoms with Crippen LogP contribution in [0.15, 0.2) is 47.6 Å². The number of fused-ring (bicyclic) bond motifs is 1. The summed E-state index contributed by atoms with van der Waals surface area (Å²) in [5.74, 6) is 0.118. The third kappa shape index (κ3) is 3.88. The molecule has 0 bridgehead atoms. The summed E-state index contributed by atoms with van der Waals surface area (Å²) in [6, 6.07) is 0. The molecule has 0 radical (unpaired) electrons. The third-order valence-corrected chi connectivity index (χ3v) is 5.78. The molecule has 1 aliphatic carbocycles. The highest BCUT2D eigenvalue weighted by atomic mass is 16.6. The molecule has 3 nitrogen and oxygen atoms in total. The van der Waals surface area contributed by atoms with Crippen LogP contribution in [0.1, 0.15) is 60.8 Å². The van der Waals surface area contributed by atoms with E-state index in [1.54, 1.807) is 0 Å². The Morgan fingerprint density at radius 2 is 1.84 bits per heavy atom. The largest absolute Gasteiger partial charge is 0.393 e. The van der Waals surface area contributed by atoms with Crippen LogP contribution in [0.3, 0.4) is 0 Å². The highest BCUT2D eigenvalue weighted by Crippen LogP contribution is 2.67. The van der Waals surface area contributed by atoms with Gasteiger partial charge in [-0.3, -0.25) is 4.79 Å². The van der Waals surface area contributed by atoms with Crippen molar-refractivity contribution in [2.24, 2.45) is 5.41 Å². The lowest BCUT2D eigenvalue weighted by molar-refractivity contribution is -0.118. The second kappa shape index (κ2) is 7.05. The van der Waals surface area contributed by atoms with Crippen LogP contribution in [0, 0.1) is 5.41 Å². The molecule has 2 aliphatic rings. The highest BCUT2D eigenvalue weighted by Gasteiger charge is 2.76. The van der Waals surface area contributed by atoms with E-state index < -0.39 is 5.60 Å². The van der Waals surface area contributed by atoms with Crippen LogP contribution in [0.2, 0.25) is 0 Å². The summed E-state index contributed by atoms with van der Waals surface area (Å²) >= 11 is 0. The van der Waals surface area contributed by atoms with Crippen LogP contribution < -0.4 is 0 Å². The maximum Gasteiger partial charge on any atom is 0.161 e. The van der Waals surface area contributed by atoms with Crippen LogP contribution in [0.4, 0.5) is 0 Å². The number of aliphatic hydroxyl groups excluding tert-OH is 1. The average Bonchev–Trinajstić information content (AvgIpc) is 3.10. The molecule has 25 heavy (non-hydrogen) atoms. The van der Waals surface area contributed by atoms with E-state index in [2.05, 4.69) is 13.8 Å². The Bertz CT molecular complexity index is 650. The Hall–Kier alpha value is -1.45. The van der Waals surface area contributed by atoms with Gasteiger partial charge in [-0.1, -0.05) is 55.9 Å². The van der Waals surface area contributed by atoms with Crippen molar-refractivity contribution in [3.05, 3.63) is 47.6 Å². The van der Waals surface area contributed by atoms with E-state index in [1.165, 1.54) is 0 Å². The zero-order valence-corrected chi connectivity index (χ0v) is 16.4. The number of rotatable bonds is 6. The molecule has 138 valence electrons. The molecule has 1 saturated heterocycles. The number of Topliss-reactive ketones (excluding diaryl/α,β-unsaturated/α-hetero) is 1. The van der Waals surface area contributed by atoms with E-state index in [9.17, 15) is 9.90 Å².